The SMILES string of the molecule is OCC(O)Cc1cn(-c2ccc(Oc3ccccc3)cc2)c2ccccc12. The van der Waals surface area contributed by atoms with Gasteiger partial charge in [-0.2, -0.15) is 0 Å². The van der Waals surface area contributed by atoms with Crippen LogP contribution in [0, 0.1) is 0 Å². The van der Waals surface area contributed by atoms with Gasteiger partial charge in [0.2, 0.25) is 0 Å². The summed E-state index contributed by atoms with van der Waals surface area (Å²) in [7, 11) is 0. The molecule has 1 heterocycles. The van der Waals surface area contributed by atoms with Gasteiger partial charge in [0.05, 0.1) is 18.2 Å². The molecule has 1 unspecified atom stereocenters. The van der Waals surface area contributed by atoms with Crippen LogP contribution in [-0.2, 0) is 6.42 Å². The Morgan fingerprint density at radius 3 is 2.22 bits per heavy atom. The molecule has 27 heavy (non-hydrogen) atoms. The summed E-state index contributed by atoms with van der Waals surface area (Å²) in [6.07, 6.45) is 1.68. The molecule has 4 heteroatoms. The highest BCUT2D eigenvalue weighted by atomic mass is 16.5. The molecule has 4 rings (SSSR count). The van der Waals surface area contributed by atoms with Crippen LogP contribution in [0.5, 0.6) is 11.5 Å². The predicted octanol–water partition coefficient (Wildman–Crippen LogP) is 4.32. The maximum Gasteiger partial charge on any atom is 0.127 e. The van der Waals surface area contributed by atoms with Crippen molar-refractivity contribution in [1.82, 2.24) is 4.57 Å². The quantitative estimate of drug-likeness (QED) is 0.539. The molecule has 0 aliphatic heterocycles. The standard InChI is InChI=1S/C23H21NO3/c25-16-19(26)14-17-15-24(23-9-5-4-8-22(17)23)18-10-12-21(13-11-18)27-20-6-2-1-3-7-20/h1-13,15,19,25-26H,14,16H2. The van der Waals surface area contributed by atoms with E-state index < -0.39 is 6.10 Å². The number of fused-ring (bicyclic) bond motifs is 1. The fourth-order valence-corrected chi connectivity index (χ4v) is 3.24. The number of aliphatic hydroxyl groups excluding tert-OH is 2. The molecule has 0 amide bonds. The second-order valence-corrected chi connectivity index (χ2v) is 6.49. The van der Waals surface area contributed by atoms with Gasteiger partial charge in [-0.25, -0.2) is 0 Å². The number of aliphatic hydroxyl groups is 2. The second-order valence-electron chi connectivity index (χ2n) is 6.49. The summed E-state index contributed by atoms with van der Waals surface area (Å²) in [5.41, 5.74) is 3.09. The Morgan fingerprint density at radius 2 is 1.48 bits per heavy atom. The first kappa shape index (κ1) is 17.3. The van der Waals surface area contributed by atoms with Crippen molar-refractivity contribution < 1.29 is 14.9 Å². The molecule has 0 fully saturated rings. The summed E-state index contributed by atoms with van der Waals surface area (Å²) in [4.78, 5) is 0. The van der Waals surface area contributed by atoms with Crippen LogP contribution < -0.4 is 4.74 Å². The smallest absolute Gasteiger partial charge is 0.127 e. The molecule has 4 aromatic rings. The van der Waals surface area contributed by atoms with Crippen molar-refractivity contribution in [3.8, 4) is 17.2 Å². The van der Waals surface area contributed by atoms with Crippen LogP contribution in [0.1, 0.15) is 5.56 Å². The predicted molar refractivity (Wildman–Crippen MR) is 107 cm³/mol. The summed E-state index contributed by atoms with van der Waals surface area (Å²) in [6.45, 7) is -0.245. The zero-order chi connectivity index (χ0) is 18.6. The summed E-state index contributed by atoms with van der Waals surface area (Å²) in [5, 5.41) is 20.1. The monoisotopic (exact) mass is 359 g/mol. The number of ether oxygens (including phenoxy) is 1. The Kier molecular flexibility index (Phi) is 4.92. The summed E-state index contributed by atoms with van der Waals surface area (Å²) >= 11 is 0. The molecule has 0 aliphatic carbocycles. The molecular weight excluding hydrogens is 338 g/mol. The molecule has 3 aromatic carbocycles. The van der Waals surface area contributed by atoms with Crippen LogP contribution in [0.3, 0.4) is 0 Å². The van der Waals surface area contributed by atoms with Crippen LogP contribution in [0.15, 0.2) is 85.1 Å². The van der Waals surface area contributed by atoms with E-state index in [0.29, 0.717) is 6.42 Å². The third-order valence-corrected chi connectivity index (χ3v) is 4.55. The number of nitrogens with zero attached hydrogens (tertiary/aromatic N) is 1. The zero-order valence-corrected chi connectivity index (χ0v) is 14.8. The maximum absolute atomic E-state index is 9.85. The van der Waals surface area contributed by atoms with E-state index in [4.69, 9.17) is 4.74 Å². The highest BCUT2D eigenvalue weighted by Gasteiger charge is 2.13. The van der Waals surface area contributed by atoms with E-state index in [1.165, 1.54) is 0 Å². The number of hydrogen-bond donors (Lipinski definition) is 2. The third kappa shape index (κ3) is 3.72. The van der Waals surface area contributed by atoms with E-state index in [1.807, 2.05) is 79.0 Å². The van der Waals surface area contributed by atoms with E-state index in [9.17, 15) is 10.2 Å². The molecule has 136 valence electrons. The molecule has 0 bridgehead atoms. The van der Waals surface area contributed by atoms with Gasteiger partial charge in [-0.3, -0.25) is 0 Å². The normalized spacial score (nSPS) is 12.2. The van der Waals surface area contributed by atoms with E-state index in [-0.39, 0.29) is 6.61 Å². The topological polar surface area (TPSA) is 54.6 Å². The maximum atomic E-state index is 9.85. The van der Waals surface area contributed by atoms with Gasteiger partial charge in [0.15, 0.2) is 0 Å². The summed E-state index contributed by atoms with van der Waals surface area (Å²) in [5.74, 6) is 1.58. The highest BCUT2D eigenvalue weighted by molar-refractivity contribution is 5.85. The number of hydrogen-bond acceptors (Lipinski definition) is 3. The number of para-hydroxylation sites is 2. The zero-order valence-electron chi connectivity index (χ0n) is 14.8. The van der Waals surface area contributed by atoms with Crippen molar-refractivity contribution in [2.45, 2.75) is 12.5 Å². The van der Waals surface area contributed by atoms with Gasteiger partial charge in [0, 0.05) is 23.7 Å². The van der Waals surface area contributed by atoms with E-state index >= 15 is 0 Å². The number of benzene rings is 3. The first-order valence-electron chi connectivity index (χ1n) is 8.96. The van der Waals surface area contributed by atoms with E-state index in [2.05, 4.69) is 10.6 Å². The lowest BCUT2D eigenvalue weighted by Gasteiger charge is -2.08. The van der Waals surface area contributed by atoms with Crippen molar-refractivity contribution in [1.29, 1.82) is 0 Å². The van der Waals surface area contributed by atoms with Gasteiger partial charge in [-0.1, -0.05) is 36.4 Å². The van der Waals surface area contributed by atoms with E-state index in [0.717, 1.165) is 33.7 Å². The largest absolute Gasteiger partial charge is 0.457 e. The lowest BCUT2D eigenvalue weighted by molar-refractivity contribution is 0.0957. The van der Waals surface area contributed by atoms with Crippen molar-refractivity contribution in [2.24, 2.45) is 0 Å². The van der Waals surface area contributed by atoms with Gasteiger partial charge in [-0.15, -0.1) is 0 Å². The van der Waals surface area contributed by atoms with Crippen molar-refractivity contribution >= 4 is 10.9 Å². The summed E-state index contributed by atoms with van der Waals surface area (Å²) < 4.78 is 7.96. The lowest BCUT2D eigenvalue weighted by atomic mass is 10.1. The molecule has 2 N–H and O–H groups in total. The van der Waals surface area contributed by atoms with Crippen molar-refractivity contribution in [2.75, 3.05) is 6.61 Å². The van der Waals surface area contributed by atoms with Gasteiger partial charge in [-0.05, 0) is 48.0 Å². The van der Waals surface area contributed by atoms with Gasteiger partial charge >= 0.3 is 0 Å². The molecule has 0 radical (unpaired) electrons. The lowest BCUT2D eigenvalue weighted by Crippen LogP contribution is -2.14. The Labute approximate surface area is 157 Å². The van der Waals surface area contributed by atoms with Crippen molar-refractivity contribution in [3.63, 3.8) is 0 Å². The molecule has 0 spiro atoms. The Hall–Kier alpha value is -3.08. The molecule has 0 aliphatic rings. The minimum atomic E-state index is -0.758. The Balaban J connectivity index is 1.66. The average Bonchev–Trinajstić information content (AvgIpc) is 3.08. The molecule has 1 atom stereocenters. The molecule has 0 saturated heterocycles. The molecule has 1 aromatic heterocycles. The number of rotatable bonds is 6. The van der Waals surface area contributed by atoms with Crippen molar-refractivity contribution in [3.05, 3.63) is 90.6 Å². The fourth-order valence-electron chi connectivity index (χ4n) is 3.24. The number of aromatic nitrogens is 1. The highest BCUT2D eigenvalue weighted by Crippen LogP contribution is 2.28. The first-order valence-corrected chi connectivity index (χ1v) is 8.96. The second kappa shape index (κ2) is 7.66. The summed E-state index contributed by atoms with van der Waals surface area (Å²) in [6, 6.07) is 25.7. The third-order valence-electron chi connectivity index (χ3n) is 4.55. The van der Waals surface area contributed by atoms with Crippen LogP contribution in [-0.4, -0.2) is 27.5 Å². The fraction of sp³-hybridized carbons (Fsp3) is 0.130. The van der Waals surface area contributed by atoms with Gasteiger partial charge in [0.1, 0.15) is 11.5 Å². The molecular formula is C23H21NO3. The van der Waals surface area contributed by atoms with Crippen LogP contribution in [0.4, 0.5) is 0 Å². The van der Waals surface area contributed by atoms with Crippen LogP contribution in [0.25, 0.3) is 16.6 Å². The Bertz CT molecular complexity index is 1020. The molecule has 0 saturated carbocycles. The van der Waals surface area contributed by atoms with Crippen LogP contribution in [0.2, 0.25) is 0 Å². The average molecular weight is 359 g/mol. The first-order chi connectivity index (χ1) is 13.2. The van der Waals surface area contributed by atoms with Gasteiger partial charge in [0.25, 0.3) is 0 Å². The molecule has 4 nitrogen and oxygen atoms in total. The minimum absolute atomic E-state index is 0.245. The van der Waals surface area contributed by atoms with E-state index in [1.54, 1.807) is 0 Å². The minimum Gasteiger partial charge on any atom is -0.457 e. The van der Waals surface area contributed by atoms with Gasteiger partial charge < -0.3 is 19.5 Å². The Morgan fingerprint density at radius 1 is 0.815 bits per heavy atom. The van der Waals surface area contributed by atoms with Crippen LogP contribution >= 0.6 is 0 Å².